The van der Waals surface area contributed by atoms with Crippen molar-refractivity contribution in [2.75, 3.05) is 6.54 Å². The minimum atomic E-state index is -4.09. The lowest BCUT2D eigenvalue weighted by atomic mass is 9.94. The molecule has 1 atom stereocenters. The topological polar surface area (TPSA) is 168 Å². The molecule has 0 aliphatic rings. The molecule has 0 amide bonds. The van der Waals surface area contributed by atoms with E-state index in [1.807, 2.05) is 6.92 Å². The van der Waals surface area contributed by atoms with E-state index in [4.69, 9.17) is 21.0 Å². The number of nitrogens with one attached hydrogen (secondary N) is 1. The average Bonchev–Trinajstić information content (AvgIpc) is 2.65. The third-order valence-corrected chi connectivity index (χ3v) is 6.45. The van der Waals surface area contributed by atoms with E-state index in [0.717, 1.165) is 9.87 Å². The highest BCUT2D eigenvalue weighted by molar-refractivity contribution is 7.89. The van der Waals surface area contributed by atoms with Gasteiger partial charge in [0.25, 0.3) is 10.0 Å². The molecular formula is C22H33N3O7S. The molecule has 33 heavy (non-hydrogen) atoms. The molecule has 0 saturated heterocycles. The van der Waals surface area contributed by atoms with E-state index in [-0.39, 0.29) is 43.5 Å². The summed E-state index contributed by atoms with van der Waals surface area (Å²) in [5.74, 6) is -4.12. The molecule has 1 aromatic rings. The van der Waals surface area contributed by atoms with Crippen LogP contribution in [0.4, 0.5) is 0 Å². The molecule has 10 nitrogen and oxygen atoms in total. The van der Waals surface area contributed by atoms with Crippen LogP contribution < -0.4 is 5.73 Å². The zero-order valence-corrected chi connectivity index (χ0v) is 20.3. The van der Waals surface area contributed by atoms with Gasteiger partial charge in [0.05, 0.1) is 4.90 Å². The first-order chi connectivity index (χ1) is 15.1. The fourth-order valence-corrected chi connectivity index (χ4v) is 4.38. The zero-order chi connectivity index (χ0) is 25.4. The Morgan fingerprint density at radius 2 is 1.70 bits per heavy atom. The smallest absolute Gasteiger partial charge is 0.316 e. The van der Waals surface area contributed by atoms with E-state index in [1.165, 1.54) is 12.1 Å². The van der Waals surface area contributed by atoms with Gasteiger partial charge in [-0.1, -0.05) is 17.7 Å². The van der Waals surface area contributed by atoms with Crippen molar-refractivity contribution in [3.05, 3.63) is 29.8 Å². The molecule has 0 bridgehead atoms. The summed E-state index contributed by atoms with van der Waals surface area (Å²) in [7, 11) is -4.09. The first kappa shape index (κ1) is 28.1. The predicted octanol–water partition coefficient (Wildman–Crippen LogP) is 2.44. The Morgan fingerprint density at radius 3 is 2.18 bits per heavy atom. The molecule has 0 aromatic heterocycles. The summed E-state index contributed by atoms with van der Waals surface area (Å²) < 4.78 is 31.9. The van der Waals surface area contributed by atoms with Gasteiger partial charge < -0.3 is 15.6 Å². The standard InChI is InChI=1S/C22H33N3O7S/c1-15-10-12-16(13-11-15)33(30,31)25(21(23)24)14-6-7-17(20(29)32-22(2,3)4)18(26)8-5-9-19(27)28/h10-13,17H,5-9,14H2,1-4H3,(H3,23,24)(H,27,28). The third kappa shape index (κ3) is 9.21. The Morgan fingerprint density at radius 1 is 1.12 bits per heavy atom. The van der Waals surface area contributed by atoms with Crippen LogP contribution in [0.25, 0.3) is 0 Å². The van der Waals surface area contributed by atoms with Crippen LogP contribution in [-0.4, -0.2) is 53.7 Å². The molecule has 0 aliphatic heterocycles. The van der Waals surface area contributed by atoms with Crippen molar-refractivity contribution < 1.29 is 32.6 Å². The van der Waals surface area contributed by atoms with Crippen LogP contribution in [-0.2, 0) is 29.1 Å². The monoisotopic (exact) mass is 483 g/mol. The number of sulfonamides is 1. The van der Waals surface area contributed by atoms with Crippen molar-refractivity contribution in [2.45, 2.75) is 70.3 Å². The third-order valence-electron chi connectivity index (χ3n) is 4.63. The number of nitrogens with two attached hydrogens (primary N) is 1. The Bertz CT molecular complexity index is 967. The van der Waals surface area contributed by atoms with Gasteiger partial charge in [-0.15, -0.1) is 0 Å². The summed E-state index contributed by atoms with van der Waals surface area (Å²) >= 11 is 0. The maximum Gasteiger partial charge on any atom is 0.316 e. The number of hydrogen-bond acceptors (Lipinski definition) is 7. The summed E-state index contributed by atoms with van der Waals surface area (Å²) in [6, 6.07) is 6.07. The minimum absolute atomic E-state index is 0.0308. The maximum absolute atomic E-state index is 12.9. The minimum Gasteiger partial charge on any atom is -0.481 e. The van der Waals surface area contributed by atoms with E-state index >= 15 is 0 Å². The number of aryl methyl sites for hydroxylation is 1. The lowest BCUT2D eigenvalue weighted by Crippen LogP contribution is -2.42. The number of carbonyl (C=O) groups excluding carboxylic acids is 2. The lowest BCUT2D eigenvalue weighted by Gasteiger charge is -2.25. The van der Waals surface area contributed by atoms with Gasteiger partial charge >= 0.3 is 11.9 Å². The van der Waals surface area contributed by atoms with Crippen LogP contribution in [0.2, 0.25) is 0 Å². The molecule has 1 unspecified atom stereocenters. The number of hydrogen-bond donors (Lipinski definition) is 3. The van der Waals surface area contributed by atoms with E-state index in [9.17, 15) is 22.8 Å². The van der Waals surface area contributed by atoms with Crippen LogP contribution in [0.5, 0.6) is 0 Å². The molecule has 11 heteroatoms. The highest BCUT2D eigenvalue weighted by Gasteiger charge is 2.32. The normalized spacial score (nSPS) is 12.6. The second-order valence-electron chi connectivity index (χ2n) is 8.72. The van der Waals surface area contributed by atoms with E-state index < -0.39 is 45.2 Å². The molecule has 0 radical (unpaired) electrons. The average molecular weight is 484 g/mol. The number of guanidine groups is 1. The van der Waals surface area contributed by atoms with Gasteiger partial charge in [0, 0.05) is 19.4 Å². The number of ketones is 1. The number of rotatable bonds is 12. The second kappa shape index (κ2) is 11.8. The molecule has 184 valence electrons. The summed E-state index contributed by atoms with van der Waals surface area (Å²) in [6.45, 7) is 6.56. The Labute approximate surface area is 194 Å². The van der Waals surface area contributed by atoms with Crippen molar-refractivity contribution in [3.8, 4) is 0 Å². The van der Waals surface area contributed by atoms with Gasteiger partial charge in [0.1, 0.15) is 17.3 Å². The molecule has 4 N–H and O–H groups in total. The summed E-state index contributed by atoms with van der Waals surface area (Å²) in [6.07, 6.45) is -0.226. The highest BCUT2D eigenvalue weighted by atomic mass is 32.2. The fraction of sp³-hybridized carbons (Fsp3) is 0.545. The lowest BCUT2D eigenvalue weighted by molar-refractivity contribution is -0.162. The van der Waals surface area contributed by atoms with Crippen LogP contribution in [0, 0.1) is 18.3 Å². The Balaban J connectivity index is 2.97. The molecule has 0 fully saturated rings. The predicted molar refractivity (Wildman–Crippen MR) is 122 cm³/mol. The van der Waals surface area contributed by atoms with Gasteiger partial charge in [-0.05, 0) is 59.1 Å². The number of carbonyl (C=O) groups is 3. The number of ether oxygens (including phenoxy) is 1. The Kier molecular flexibility index (Phi) is 10.0. The summed E-state index contributed by atoms with van der Waals surface area (Å²) in [4.78, 5) is 35.9. The van der Waals surface area contributed by atoms with E-state index in [0.29, 0.717) is 0 Å². The fourth-order valence-electron chi connectivity index (χ4n) is 3.02. The van der Waals surface area contributed by atoms with Crippen molar-refractivity contribution in [1.82, 2.24) is 4.31 Å². The van der Waals surface area contributed by atoms with Crippen molar-refractivity contribution >= 4 is 33.7 Å². The molecule has 0 saturated carbocycles. The molecule has 0 spiro atoms. The molecule has 1 aromatic carbocycles. The molecule has 1 rings (SSSR count). The van der Waals surface area contributed by atoms with Crippen LogP contribution in [0.1, 0.15) is 58.4 Å². The van der Waals surface area contributed by atoms with Gasteiger partial charge in [0.15, 0.2) is 0 Å². The number of carboxylic acids is 1. The second-order valence-corrected chi connectivity index (χ2v) is 10.6. The first-order valence-electron chi connectivity index (χ1n) is 10.6. The van der Waals surface area contributed by atoms with Gasteiger partial charge in [-0.2, -0.15) is 0 Å². The number of nitrogens with zero attached hydrogens (tertiary/aromatic N) is 1. The number of Topliss-reactive ketones (excluding diaryl/α,β-unsaturated/α-hetero) is 1. The van der Waals surface area contributed by atoms with Gasteiger partial charge in [-0.3, -0.25) is 19.8 Å². The first-order valence-corrected chi connectivity index (χ1v) is 12.0. The Hall–Kier alpha value is -2.95. The van der Waals surface area contributed by atoms with Gasteiger partial charge in [-0.25, -0.2) is 12.7 Å². The number of benzene rings is 1. The highest BCUT2D eigenvalue weighted by Crippen LogP contribution is 2.21. The number of esters is 1. The van der Waals surface area contributed by atoms with Crippen LogP contribution in [0.15, 0.2) is 29.2 Å². The number of aliphatic carboxylic acids is 1. The number of carboxylic acid groups (broad SMARTS) is 1. The van der Waals surface area contributed by atoms with Crippen LogP contribution in [0.3, 0.4) is 0 Å². The van der Waals surface area contributed by atoms with E-state index in [2.05, 4.69) is 0 Å². The summed E-state index contributed by atoms with van der Waals surface area (Å²) in [5, 5.41) is 16.5. The van der Waals surface area contributed by atoms with Crippen LogP contribution >= 0.6 is 0 Å². The zero-order valence-electron chi connectivity index (χ0n) is 19.5. The maximum atomic E-state index is 12.9. The van der Waals surface area contributed by atoms with Crippen molar-refractivity contribution in [1.29, 1.82) is 5.41 Å². The van der Waals surface area contributed by atoms with Gasteiger partial charge in [0.2, 0.25) is 5.96 Å². The molecule has 0 aliphatic carbocycles. The quantitative estimate of drug-likeness (QED) is 0.176. The SMILES string of the molecule is Cc1ccc(S(=O)(=O)N(CCCC(C(=O)CCCC(=O)O)C(=O)OC(C)(C)C)C(=N)N)cc1. The molecular weight excluding hydrogens is 450 g/mol. The van der Waals surface area contributed by atoms with E-state index in [1.54, 1.807) is 32.9 Å². The molecule has 0 heterocycles. The largest absolute Gasteiger partial charge is 0.481 e. The van der Waals surface area contributed by atoms with Crippen molar-refractivity contribution in [2.24, 2.45) is 11.7 Å². The summed E-state index contributed by atoms with van der Waals surface area (Å²) in [5.41, 5.74) is 5.55. The van der Waals surface area contributed by atoms with Crippen molar-refractivity contribution in [3.63, 3.8) is 0 Å².